The molecule has 0 bridgehead atoms. The molecule has 4 N–H and O–H groups in total. The molecule has 3 rings (SSSR count). The largest absolute Gasteiger partial charge is 0.505 e. The van der Waals surface area contributed by atoms with Crippen LogP contribution in [0, 0.1) is 11.2 Å². The second kappa shape index (κ2) is 5.65. The molecule has 112 valence electrons. The summed E-state index contributed by atoms with van der Waals surface area (Å²) in [5, 5.41) is 17.8. The van der Waals surface area contributed by atoms with Crippen LogP contribution in [-0.4, -0.2) is 10.9 Å². The van der Waals surface area contributed by atoms with Crippen molar-refractivity contribution in [1.82, 2.24) is 0 Å². The summed E-state index contributed by atoms with van der Waals surface area (Å²) in [6.07, 6.45) is 0. The van der Waals surface area contributed by atoms with E-state index in [-0.39, 0.29) is 18.2 Å². The molecule has 0 atom stereocenters. The van der Waals surface area contributed by atoms with E-state index in [0.29, 0.717) is 11.3 Å². The lowest BCUT2D eigenvalue weighted by molar-refractivity contribution is 0.305. The van der Waals surface area contributed by atoms with Gasteiger partial charge >= 0.3 is 0 Å². The number of phenolic OH excluding ortho intramolecular Hbond substituents is 1. The van der Waals surface area contributed by atoms with Gasteiger partial charge in [-0.3, -0.25) is 5.41 Å². The van der Waals surface area contributed by atoms with Crippen LogP contribution in [0.1, 0.15) is 10.4 Å². The summed E-state index contributed by atoms with van der Waals surface area (Å²) < 4.78 is 19.6. The van der Waals surface area contributed by atoms with Gasteiger partial charge in [0.05, 0.1) is 4.88 Å². The molecule has 6 heteroatoms. The van der Waals surface area contributed by atoms with Gasteiger partial charge in [-0.1, -0.05) is 6.07 Å². The smallest absolute Gasteiger partial charge is 0.164 e. The lowest BCUT2D eigenvalue weighted by Gasteiger charge is -2.07. The molecule has 0 aliphatic carbocycles. The zero-order chi connectivity index (χ0) is 15.7. The van der Waals surface area contributed by atoms with Crippen molar-refractivity contribution in [1.29, 1.82) is 5.41 Å². The fourth-order valence-electron chi connectivity index (χ4n) is 2.05. The minimum atomic E-state index is -0.652. The summed E-state index contributed by atoms with van der Waals surface area (Å²) in [5.41, 5.74) is 6.16. The third-order valence-corrected chi connectivity index (χ3v) is 4.30. The van der Waals surface area contributed by atoms with E-state index in [4.69, 9.17) is 15.9 Å². The summed E-state index contributed by atoms with van der Waals surface area (Å²) >= 11 is 1.43. The Morgan fingerprint density at radius 1 is 1.23 bits per heavy atom. The first-order chi connectivity index (χ1) is 10.5. The van der Waals surface area contributed by atoms with Gasteiger partial charge in [-0.2, -0.15) is 0 Å². The molecule has 0 amide bonds. The van der Waals surface area contributed by atoms with Crippen molar-refractivity contribution in [3.05, 3.63) is 58.7 Å². The summed E-state index contributed by atoms with van der Waals surface area (Å²) in [6, 6.07) is 11.6. The summed E-state index contributed by atoms with van der Waals surface area (Å²) in [5.74, 6) is -0.333. The average molecular weight is 316 g/mol. The van der Waals surface area contributed by atoms with Gasteiger partial charge in [0.1, 0.15) is 18.2 Å². The number of nitrogens with two attached hydrogens (primary N) is 1. The zero-order valence-electron chi connectivity index (χ0n) is 11.5. The highest BCUT2D eigenvalue weighted by Crippen LogP contribution is 2.29. The van der Waals surface area contributed by atoms with E-state index < -0.39 is 5.82 Å². The number of nitrogens with one attached hydrogen (secondary N) is 1. The highest BCUT2D eigenvalue weighted by molar-refractivity contribution is 7.20. The molecule has 0 spiro atoms. The van der Waals surface area contributed by atoms with Crippen LogP contribution in [0.2, 0.25) is 0 Å². The fraction of sp³-hybridized carbons (Fsp3) is 0.0625. The first kappa shape index (κ1) is 14.3. The average Bonchev–Trinajstić information content (AvgIpc) is 2.92. The Balaban J connectivity index is 1.78. The molecule has 0 unspecified atom stereocenters. The van der Waals surface area contributed by atoms with Crippen LogP contribution in [-0.2, 0) is 6.61 Å². The Morgan fingerprint density at radius 3 is 2.77 bits per heavy atom. The van der Waals surface area contributed by atoms with Crippen molar-refractivity contribution in [2.75, 3.05) is 0 Å². The third kappa shape index (κ3) is 2.87. The second-order valence-electron chi connectivity index (χ2n) is 4.80. The van der Waals surface area contributed by atoms with E-state index in [1.165, 1.54) is 23.5 Å². The Morgan fingerprint density at radius 2 is 2.05 bits per heavy atom. The molecule has 0 saturated heterocycles. The normalized spacial score (nSPS) is 10.8. The Hall–Kier alpha value is -2.60. The molecular weight excluding hydrogens is 303 g/mol. The van der Waals surface area contributed by atoms with Gasteiger partial charge in [-0.15, -0.1) is 11.3 Å². The van der Waals surface area contributed by atoms with Crippen molar-refractivity contribution in [3.63, 3.8) is 0 Å². The number of aromatic hydroxyl groups is 1. The van der Waals surface area contributed by atoms with E-state index in [0.717, 1.165) is 15.0 Å². The van der Waals surface area contributed by atoms with Crippen molar-refractivity contribution in [3.8, 4) is 11.5 Å². The molecule has 1 heterocycles. The summed E-state index contributed by atoms with van der Waals surface area (Å²) in [4.78, 5) is 0.718. The first-order valence-electron chi connectivity index (χ1n) is 6.51. The highest BCUT2D eigenvalue weighted by Gasteiger charge is 2.06. The Labute approximate surface area is 130 Å². The number of phenols is 1. The van der Waals surface area contributed by atoms with Gasteiger partial charge in [-0.05, 0) is 47.3 Å². The van der Waals surface area contributed by atoms with Crippen molar-refractivity contribution in [2.24, 2.45) is 5.73 Å². The van der Waals surface area contributed by atoms with Crippen LogP contribution in [0.4, 0.5) is 4.39 Å². The molecule has 0 aliphatic heterocycles. The fourth-order valence-corrected chi connectivity index (χ4v) is 3.00. The van der Waals surface area contributed by atoms with Gasteiger partial charge in [-0.25, -0.2) is 4.39 Å². The molecule has 0 radical (unpaired) electrons. The predicted octanol–water partition coefficient (Wildman–Crippen LogP) is 3.61. The second-order valence-corrected chi connectivity index (χ2v) is 5.88. The maximum Gasteiger partial charge on any atom is 0.164 e. The van der Waals surface area contributed by atoms with Gasteiger partial charge in [0.25, 0.3) is 0 Å². The van der Waals surface area contributed by atoms with Crippen LogP contribution < -0.4 is 10.5 Å². The summed E-state index contributed by atoms with van der Waals surface area (Å²) in [7, 11) is 0. The van der Waals surface area contributed by atoms with E-state index >= 15 is 0 Å². The zero-order valence-corrected chi connectivity index (χ0v) is 12.3. The molecule has 2 aromatic carbocycles. The van der Waals surface area contributed by atoms with E-state index in [9.17, 15) is 9.50 Å². The van der Waals surface area contributed by atoms with Gasteiger partial charge in [0.2, 0.25) is 0 Å². The van der Waals surface area contributed by atoms with Crippen LogP contribution in [0.25, 0.3) is 10.1 Å². The molecule has 0 aliphatic rings. The highest BCUT2D eigenvalue weighted by atomic mass is 32.1. The first-order valence-corrected chi connectivity index (χ1v) is 7.33. The van der Waals surface area contributed by atoms with E-state index in [1.54, 1.807) is 6.07 Å². The molecule has 0 fully saturated rings. The quantitative estimate of drug-likeness (QED) is 0.508. The predicted molar refractivity (Wildman–Crippen MR) is 85.2 cm³/mol. The number of nitrogen functional groups attached to an aromatic ring is 1. The third-order valence-electron chi connectivity index (χ3n) is 3.17. The number of ether oxygens (including phenoxy) is 1. The molecule has 4 nitrogen and oxygen atoms in total. The van der Waals surface area contributed by atoms with Gasteiger partial charge in [0, 0.05) is 4.70 Å². The van der Waals surface area contributed by atoms with Gasteiger partial charge < -0.3 is 15.6 Å². The van der Waals surface area contributed by atoms with Crippen molar-refractivity contribution in [2.45, 2.75) is 6.61 Å². The van der Waals surface area contributed by atoms with Crippen LogP contribution in [0.3, 0.4) is 0 Å². The lowest BCUT2D eigenvalue weighted by Crippen LogP contribution is -2.08. The number of halogens is 1. The molecule has 3 aromatic rings. The number of amidine groups is 1. The van der Waals surface area contributed by atoms with E-state index in [2.05, 4.69) is 0 Å². The van der Waals surface area contributed by atoms with Crippen molar-refractivity contribution < 1.29 is 14.2 Å². The molecular formula is C16H13FN2O2S. The maximum atomic E-state index is 13.0. The minimum Gasteiger partial charge on any atom is -0.505 e. The monoisotopic (exact) mass is 316 g/mol. The van der Waals surface area contributed by atoms with Crippen LogP contribution >= 0.6 is 11.3 Å². The lowest BCUT2D eigenvalue weighted by atomic mass is 10.2. The number of thiophene rings is 1. The molecule has 0 saturated carbocycles. The Kier molecular flexibility index (Phi) is 3.68. The molecule has 1 aromatic heterocycles. The minimum absolute atomic E-state index is 0.0467. The number of fused-ring (bicyclic) bond motifs is 1. The van der Waals surface area contributed by atoms with Crippen molar-refractivity contribution >= 4 is 27.3 Å². The maximum absolute atomic E-state index is 13.0. The van der Waals surface area contributed by atoms with Gasteiger partial charge in [0.15, 0.2) is 11.6 Å². The topological polar surface area (TPSA) is 79.3 Å². The van der Waals surface area contributed by atoms with Crippen LogP contribution in [0.5, 0.6) is 11.5 Å². The Bertz CT molecular complexity index is 860. The number of rotatable bonds is 4. The SMILES string of the molecule is N=C(N)c1cc2ccc(OCc3ccc(F)c(O)c3)cc2s1. The number of benzene rings is 2. The number of hydrogen-bond acceptors (Lipinski definition) is 4. The summed E-state index contributed by atoms with van der Waals surface area (Å²) in [6.45, 7) is 0.226. The number of hydrogen-bond donors (Lipinski definition) is 3. The van der Waals surface area contributed by atoms with Crippen LogP contribution in [0.15, 0.2) is 42.5 Å². The standard InChI is InChI=1S/C16H13FN2O2S/c17-12-4-1-9(5-13(12)20)8-21-11-3-2-10-6-15(16(18)19)22-14(10)7-11/h1-7,20H,8H2,(H3,18,19). The molecule has 22 heavy (non-hydrogen) atoms. The van der Waals surface area contributed by atoms with E-state index in [1.807, 2.05) is 24.3 Å².